The summed E-state index contributed by atoms with van der Waals surface area (Å²) in [4.78, 5) is 28.5. The molecule has 0 radical (unpaired) electrons. The topological polar surface area (TPSA) is 73.3 Å². The molecule has 39 heavy (non-hydrogen) atoms. The highest BCUT2D eigenvalue weighted by molar-refractivity contribution is 5.95. The molecule has 5 nitrogen and oxygen atoms in total. The molecule has 1 aliphatic rings. The van der Waals surface area contributed by atoms with Crippen LogP contribution in [0, 0.1) is 5.41 Å². The smallest absolute Gasteiger partial charge is 0.352 e. The van der Waals surface area contributed by atoms with Gasteiger partial charge in [0.1, 0.15) is 0 Å². The molecule has 1 atom stereocenters. The Hall–Kier alpha value is -3.94. The lowest BCUT2D eigenvalue weighted by molar-refractivity contribution is -0.142. The van der Waals surface area contributed by atoms with E-state index in [1.54, 1.807) is 17.9 Å². The van der Waals surface area contributed by atoms with E-state index in [2.05, 4.69) is 5.32 Å². The van der Waals surface area contributed by atoms with Crippen LogP contribution in [0.3, 0.4) is 0 Å². The number of carbonyl (C=O) groups is 2. The summed E-state index contributed by atoms with van der Waals surface area (Å²) < 4.78 is 39.0. The van der Waals surface area contributed by atoms with E-state index in [-0.39, 0.29) is 36.9 Å². The van der Waals surface area contributed by atoms with E-state index in [0.717, 1.165) is 29.7 Å². The van der Waals surface area contributed by atoms with E-state index in [1.807, 2.05) is 60.7 Å². The van der Waals surface area contributed by atoms with Crippen molar-refractivity contribution in [1.29, 1.82) is 5.41 Å². The van der Waals surface area contributed by atoms with E-state index in [1.165, 1.54) is 6.07 Å². The molecule has 0 saturated carbocycles. The molecule has 0 unspecified atom stereocenters. The first-order valence-electron chi connectivity index (χ1n) is 13.0. The number of nitrogens with zero attached hydrogens (tertiary/aromatic N) is 1. The molecule has 4 rings (SSSR count). The van der Waals surface area contributed by atoms with Crippen LogP contribution >= 0.6 is 0 Å². The van der Waals surface area contributed by atoms with Gasteiger partial charge in [0.15, 0.2) is 0 Å². The van der Waals surface area contributed by atoms with E-state index < -0.39 is 23.2 Å². The quantitative estimate of drug-likeness (QED) is 0.342. The lowest BCUT2D eigenvalue weighted by atomic mass is 9.68. The molecule has 204 valence electrons. The highest BCUT2D eigenvalue weighted by atomic mass is 19.4. The zero-order chi connectivity index (χ0) is 28.0. The van der Waals surface area contributed by atoms with Gasteiger partial charge in [-0.1, -0.05) is 78.9 Å². The molecule has 0 spiro atoms. The van der Waals surface area contributed by atoms with Gasteiger partial charge in [0.25, 0.3) is 0 Å². The Balaban J connectivity index is 1.40. The zero-order valence-corrected chi connectivity index (χ0v) is 21.8. The maximum Gasteiger partial charge on any atom is 0.416 e. The summed E-state index contributed by atoms with van der Waals surface area (Å²) in [5.41, 5.74) is 0.765. The molecule has 3 aromatic rings. The van der Waals surface area contributed by atoms with Crippen molar-refractivity contribution in [2.24, 2.45) is 0 Å². The summed E-state index contributed by atoms with van der Waals surface area (Å²) in [5, 5.41) is 11.1. The molecule has 1 aliphatic heterocycles. The predicted octanol–water partition coefficient (Wildman–Crippen LogP) is 5.77. The minimum absolute atomic E-state index is 0.0609. The van der Waals surface area contributed by atoms with Crippen molar-refractivity contribution in [3.63, 3.8) is 0 Å². The average molecular weight is 536 g/mol. The van der Waals surface area contributed by atoms with Gasteiger partial charge in [-0.3, -0.25) is 9.59 Å². The second-order valence-electron chi connectivity index (χ2n) is 10.1. The molecule has 1 fully saturated rings. The Morgan fingerprint density at radius 2 is 1.62 bits per heavy atom. The number of amides is 2. The number of hydrogen-bond acceptors (Lipinski definition) is 3. The molecule has 0 bridgehead atoms. The maximum absolute atomic E-state index is 14.0. The molecular weight excluding hydrogens is 503 g/mol. The molecular formula is C31H32F3N3O2. The maximum atomic E-state index is 14.0. The molecule has 1 saturated heterocycles. The van der Waals surface area contributed by atoms with Crippen molar-refractivity contribution in [2.75, 3.05) is 13.1 Å². The van der Waals surface area contributed by atoms with E-state index in [4.69, 9.17) is 5.41 Å². The highest BCUT2D eigenvalue weighted by Gasteiger charge is 2.46. The van der Waals surface area contributed by atoms with Crippen LogP contribution in [0.4, 0.5) is 13.2 Å². The van der Waals surface area contributed by atoms with Crippen molar-refractivity contribution in [1.82, 2.24) is 10.2 Å². The lowest BCUT2D eigenvalue weighted by Gasteiger charge is -2.42. The summed E-state index contributed by atoms with van der Waals surface area (Å²) >= 11 is 0. The van der Waals surface area contributed by atoms with Crippen LogP contribution in [0.25, 0.3) is 0 Å². The Morgan fingerprint density at radius 1 is 1.00 bits per heavy atom. The molecule has 8 heteroatoms. The number of rotatable bonds is 9. The van der Waals surface area contributed by atoms with Crippen molar-refractivity contribution in [3.8, 4) is 0 Å². The lowest BCUT2D eigenvalue weighted by Crippen LogP contribution is -2.55. The first-order valence-corrected chi connectivity index (χ1v) is 13.0. The first kappa shape index (κ1) is 28.1. The second kappa shape index (κ2) is 11.8. The fourth-order valence-electron chi connectivity index (χ4n) is 5.40. The number of halogens is 3. The highest BCUT2D eigenvalue weighted by Crippen LogP contribution is 2.41. The van der Waals surface area contributed by atoms with Crippen LogP contribution in [0.1, 0.15) is 48.4 Å². The van der Waals surface area contributed by atoms with Gasteiger partial charge in [-0.05, 0) is 42.5 Å². The number of carbonyl (C=O) groups excluding carboxylic acids is 2. The van der Waals surface area contributed by atoms with Crippen LogP contribution in [-0.2, 0) is 27.6 Å². The van der Waals surface area contributed by atoms with Gasteiger partial charge in [0.2, 0.25) is 11.8 Å². The third-order valence-corrected chi connectivity index (χ3v) is 7.13. The van der Waals surface area contributed by atoms with Gasteiger partial charge >= 0.3 is 6.18 Å². The van der Waals surface area contributed by atoms with Gasteiger partial charge in [-0.2, -0.15) is 13.2 Å². The number of alkyl halides is 3. The summed E-state index contributed by atoms with van der Waals surface area (Å²) in [6.45, 7) is 2.10. The van der Waals surface area contributed by atoms with Gasteiger partial charge in [-0.25, -0.2) is 0 Å². The molecule has 1 heterocycles. The van der Waals surface area contributed by atoms with Crippen LogP contribution in [0.2, 0.25) is 0 Å². The molecule has 3 aromatic carbocycles. The molecule has 2 N–H and O–H groups in total. The Kier molecular flexibility index (Phi) is 8.53. The second-order valence-corrected chi connectivity index (χ2v) is 10.1. The standard InChI is InChI=1S/C31H32F3N3O2/c1-22(18-27(35)20-23-10-8-15-26(19-23)31(32,33)34)36-28(38)21-37-17-9-16-30(29(37)39,24-11-4-2-5-12-24)25-13-6-3-7-14-25/h2-8,10-15,19,22,35H,9,16-18,20-21H2,1H3,(H,36,38)/t22-/m1/s1. The van der Waals surface area contributed by atoms with Crippen molar-refractivity contribution in [2.45, 2.75) is 50.2 Å². The number of benzene rings is 3. The normalized spacial score (nSPS) is 16.0. The number of hydrogen-bond donors (Lipinski definition) is 2. The summed E-state index contributed by atoms with van der Waals surface area (Å²) in [5.74, 6) is -0.453. The van der Waals surface area contributed by atoms with E-state index in [0.29, 0.717) is 18.5 Å². The van der Waals surface area contributed by atoms with Crippen LogP contribution in [-0.4, -0.2) is 41.6 Å². The SMILES string of the molecule is C[C@H](CC(=N)Cc1cccc(C(F)(F)F)c1)NC(=O)CN1CCCC(c2ccccc2)(c2ccccc2)C1=O. The third-order valence-electron chi connectivity index (χ3n) is 7.13. The Bertz CT molecular complexity index is 1270. The minimum Gasteiger partial charge on any atom is -0.352 e. The fourth-order valence-corrected chi connectivity index (χ4v) is 5.40. The number of likely N-dealkylation sites (tertiary alicyclic amines) is 1. The van der Waals surface area contributed by atoms with Crippen LogP contribution in [0.5, 0.6) is 0 Å². The summed E-state index contributed by atoms with van der Waals surface area (Å²) in [6.07, 6.45) is -2.82. The third kappa shape index (κ3) is 6.56. The first-order chi connectivity index (χ1) is 18.6. The summed E-state index contributed by atoms with van der Waals surface area (Å²) in [7, 11) is 0. The largest absolute Gasteiger partial charge is 0.416 e. The summed E-state index contributed by atoms with van der Waals surface area (Å²) in [6, 6.07) is 23.8. The van der Waals surface area contributed by atoms with Gasteiger partial charge in [0.05, 0.1) is 17.5 Å². The van der Waals surface area contributed by atoms with Crippen molar-refractivity contribution in [3.05, 3.63) is 107 Å². The molecule has 0 aromatic heterocycles. The monoisotopic (exact) mass is 535 g/mol. The molecule has 2 amide bonds. The fraction of sp³-hybridized carbons (Fsp3) is 0.323. The van der Waals surface area contributed by atoms with Gasteiger partial charge < -0.3 is 15.6 Å². The van der Waals surface area contributed by atoms with E-state index >= 15 is 0 Å². The Morgan fingerprint density at radius 3 is 2.21 bits per heavy atom. The zero-order valence-electron chi connectivity index (χ0n) is 21.8. The van der Waals surface area contributed by atoms with Gasteiger partial charge in [0, 0.05) is 31.1 Å². The van der Waals surface area contributed by atoms with E-state index in [9.17, 15) is 22.8 Å². The van der Waals surface area contributed by atoms with Crippen molar-refractivity contribution < 1.29 is 22.8 Å². The van der Waals surface area contributed by atoms with Crippen molar-refractivity contribution >= 4 is 17.5 Å². The van der Waals surface area contributed by atoms with Gasteiger partial charge in [-0.15, -0.1) is 0 Å². The number of nitrogens with one attached hydrogen (secondary N) is 2. The van der Waals surface area contributed by atoms with Crippen LogP contribution in [0.15, 0.2) is 84.9 Å². The van der Waals surface area contributed by atoms with Crippen LogP contribution < -0.4 is 5.32 Å². The molecule has 0 aliphatic carbocycles. The predicted molar refractivity (Wildman–Crippen MR) is 145 cm³/mol. The average Bonchev–Trinajstić information content (AvgIpc) is 2.90. The minimum atomic E-state index is -4.44. The number of piperidine rings is 1. The Labute approximate surface area is 226 Å².